The SMILES string of the molecule is Cc1ccc2cc(C(=O)NC3CCCc4[nH]c(=O)ccc43)c(C)nc2c1. The van der Waals surface area contributed by atoms with E-state index in [-0.39, 0.29) is 17.5 Å². The number of rotatable bonds is 2. The molecule has 0 aliphatic heterocycles. The van der Waals surface area contributed by atoms with Crippen molar-refractivity contribution in [2.45, 2.75) is 39.2 Å². The first-order chi connectivity index (χ1) is 12.5. The maximum Gasteiger partial charge on any atom is 0.253 e. The number of pyridine rings is 2. The predicted molar refractivity (Wildman–Crippen MR) is 101 cm³/mol. The van der Waals surface area contributed by atoms with Crippen molar-refractivity contribution in [3.05, 3.63) is 74.8 Å². The summed E-state index contributed by atoms with van der Waals surface area (Å²) < 4.78 is 0. The number of nitrogens with one attached hydrogen (secondary N) is 2. The number of H-pyrrole nitrogens is 1. The number of hydrogen-bond donors (Lipinski definition) is 2. The first kappa shape index (κ1) is 16.5. The molecule has 1 aliphatic rings. The fourth-order valence-corrected chi connectivity index (χ4v) is 3.69. The van der Waals surface area contributed by atoms with Crippen molar-refractivity contribution in [2.24, 2.45) is 0 Å². The molecule has 0 saturated heterocycles. The van der Waals surface area contributed by atoms with Gasteiger partial charge in [0, 0.05) is 17.1 Å². The van der Waals surface area contributed by atoms with Gasteiger partial charge in [-0.3, -0.25) is 14.6 Å². The molecule has 2 heterocycles. The van der Waals surface area contributed by atoms with Gasteiger partial charge >= 0.3 is 0 Å². The van der Waals surface area contributed by atoms with Crippen molar-refractivity contribution in [1.82, 2.24) is 15.3 Å². The minimum Gasteiger partial charge on any atom is -0.345 e. The van der Waals surface area contributed by atoms with Crippen LogP contribution < -0.4 is 10.9 Å². The number of aromatic amines is 1. The van der Waals surface area contributed by atoms with Gasteiger partial charge in [-0.1, -0.05) is 12.1 Å². The van der Waals surface area contributed by atoms with Crippen molar-refractivity contribution in [3.8, 4) is 0 Å². The molecule has 1 unspecified atom stereocenters. The van der Waals surface area contributed by atoms with Crippen molar-refractivity contribution >= 4 is 16.8 Å². The molecular formula is C21H21N3O2. The summed E-state index contributed by atoms with van der Waals surface area (Å²) in [5.41, 5.74) is 5.20. The Bertz CT molecular complexity index is 1070. The zero-order chi connectivity index (χ0) is 18.3. The molecule has 0 fully saturated rings. The Labute approximate surface area is 151 Å². The number of carbonyl (C=O) groups is 1. The highest BCUT2D eigenvalue weighted by Gasteiger charge is 2.23. The lowest BCUT2D eigenvalue weighted by atomic mass is 9.91. The lowest BCUT2D eigenvalue weighted by Crippen LogP contribution is -2.32. The topological polar surface area (TPSA) is 74.8 Å². The van der Waals surface area contributed by atoms with E-state index in [4.69, 9.17) is 0 Å². The number of benzene rings is 1. The molecule has 0 spiro atoms. The summed E-state index contributed by atoms with van der Waals surface area (Å²) in [6.45, 7) is 3.89. The lowest BCUT2D eigenvalue weighted by molar-refractivity contribution is 0.0931. The summed E-state index contributed by atoms with van der Waals surface area (Å²) in [5, 5.41) is 4.08. The average Bonchev–Trinajstić information content (AvgIpc) is 2.60. The third-order valence-electron chi connectivity index (χ3n) is 5.05. The number of hydrogen-bond acceptors (Lipinski definition) is 3. The van der Waals surface area contributed by atoms with E-state index in [0.717, 1.165) is 52.7 Å². The van der Waals surface area contributed by atoms with E-state index in [1.807, 2.05) is 44.2 Å². The summed E-state index contributed by atoms with van der Waals surface area (Å²) in [6, 6.07) is 11.2. The number of carbonyl (C=O) groups excluding carboxylic acids is 1. The molecule has 0 saturated carbocycles. The number of aromatic nitrogens is 2. The molecule has 132 valence electrons. The van der Waals surface area contributed by atoms with E-state index in [2.05, 4.69) is 15.3 Å². The van der Waals surface area contributed by atoms with Gasteiger partial charge in [0.2, 0.25) is 5.56 Å². The Morgan fingerprint density at radius 3 is 2.88 bits per heavy atom. The van der Waals surface area contributed by atoms with Crippen LogP contribution in [0.2, 0.25) is 0 Å². The van der Waals surface area contributed by atoms with Crippen LogP contribution in [0.5, 0.6) is 0 Å². The number of nitrogens with zero attached hydrogens (tertiary/aromatic N) is 1. The largest absolute Gasteiger partial charge is 0.345 e. The monoisotopic (exact) mass is 347 g/mol. The van der Waals surface area contributed by atoms with Gasteiger partial charge in [0.1, 0.15) is 0 Å². The average molecular weight is 347 g/mol. The molecule has 5 nitrogen and oxygen atoms in total. The Kier molecular flexibility index (Phi) is 4.07. The molecule has 1 aromatic carbocycles. The Hall–Kier alpha value is -2.95. The van der Waals surface area contributed by atoms with Gasteiger partial charge in [0.15, 0.2) is 0 Å². The summed E-state index contributed by atoms with van der Waals surface area (Å²) >= 11 is 0. The Morgan fingerprint density at radius 1 is 1.19 bits per heavy atom. The quantitative estimate of drug-likeness (QED) is 0.746. The van der Waals surface area contributed by atoms with Crippen molar-refractivity contribution < 1.29 is 4.79 Å². The second kappa shape index (κ2) is 6.41. The molecular weight excluding hydrogens is 326 g/mol. The van der Waals surface area contributed by atoms with E-state index >= 15 is 0 Å². The molecule has 5 heteroatoms. The van der Waals surface area contributed by atoms with Gasteiger partial charge in [-0.15, -0.1) is 0 Å². The van der Waals surface area contributed by atoms with Crippen molar-refractivity contribution in [3.63, 3.8) is 0 Å². The van der Waals surface area contributed by atoms with Crippen LogP contribution in [0.1, 0.15) is 51.8 Å². The zero-order valence-electron chi connectivity index (χ0n) is 14.9. The molecule has 1 aliphatic carbocycles. The molecule has 26 heavy (non-hydrogen) atoms. The fourth-order valence-electron chi connectivity index (χ4n) is 3.69. The van der Waals surface area contributed by atoms with Gasteiger partial charge in [-0.25, -0.2) is 0 Å². The zero-order valence-corrected chi connectivity index (χ0v) is 14.9. The van der Waals surface area contributed by atoms with Crippen LogP contribution in [-0.2, 0) is 6.42 Å². The van der Waals surface area contributed by atoms with Gasteiger partial charge in [-0.05, 0) is 62.4 Å². The first-order valence-electron chi connectivity index (χ1n) is 8.92. The molecule has 4 rings (SSSR count). The van der Waals surface area contributed by atoms with Crippen LogP contribution in [0.25, 0.3) is 10.9 Å². The Morgan fingerprint density at radius 2 is 2.04 bits per heavy atom. The lowest BCUT2D eigenvalue weighted by Gasteiger charge is -2.26. The summed E-state index contributed by atoms with van der Waals surface area (Å²) in [7, 11) is 0. The maximum atomic E-state index is 12.9. The van der Waals surface area contributed by atoms with E-state index in [0.29, 0.717) is 5.56 Å². The molecule has 1 amide bonds. The van der Waals surface area contributed by atoms with E-state index in [1.165, 1.54) is 6.07 Å². The van der Waals surface area contributed by atoms with Gasteiger partial charge in [0.05, 0.1) is 22.8 Å². The highest BCUT2D eigenvalue weighted by molar-refractivity contribution is 5.98. The smallest absolute Gasteiger partial charge is 0.253 e. The van der Waals surface area contributed by atoms with E-state index < -0.39 is 0 Å². The highest BCUT2D eigenvalue weighted by Crippen LogP contribution is 2.28. The minimum atomic E-state index is -0.124. The molecule has 1 atom stereocenters. The standard InChI is InChI=1S/C21H21N3O2/c1-12-6-7-14-11-16(13(2)22-19(14)10-12)21(26)24-18-5-3-4-17-15(18)8-9-20(25)23-17/h6-11,18H,3-5H2,1-2H3,(H,23,25)(H,24,26). The van der Waals surface area contributed by atoms with Crippen LogP contribution in [0.3, 0.4) is 0 Å². The second-order valence-corrected chi connectivity index (χ2v) is 6.99. The van der Waals surface area contributed by atoms with Crippen molar-refractivity contribution in [1.29, 1.82) is 0 Å². The second-order valence-electron chi connectivity index (χ2n) is 6.99. The van der Waals surface area contributed by atoms with Gasteiger partial charge in [0.25, 0.3) is 5.91 Å². The maximum absolute atomic E-state index is 12.9. The Balaban J connectivity index is 1.65. The van der Waals surface area contributed by atoms with Crippen LogP contribution in [-0.4, -0.2) is 15.9 Å². The van der Waals surface area contributed by atoms with E-state index in [1.54, 1.807) is 0 Å². The summed E-state index contributed by atoms with van der Waals surface area (Å²) in [6.07, 6.45) is 2.64. The number of amides is 1. The van der Waals surface area contributed by atoms with E-state index in [9.17, 15) is 9.59 Å². The van der Waals surface area contributed by atoms with Gasteiger partial charge in [-0.2, -0.15) is 0 Å². The third kappa shape index (κ3) is 3.01. The van der Waals surface area contributed by atoms with Gasteiger partial charge < -0.3 is 10.3 Å². The van der Waals surface area contributed by atoms with Crippen LogP contribution >= 0.6 is 0 Å². The normalized spacial score (nSPS) is 16.3. The van der Waals surface area contributed by atoms with Crippen molar-refractivity contribution in [2.75, 3.05) is 0 Å². The fraction of sp³-hybridized carbons (Fsp3) is 0.286. The molecule has 3 aromatic rings. The highest BCUT2D eigenvalue weighted by atomic mass is 16.1. The molecule has 0 bridgehead atoms. The van der Waals surface area contributed by atoms with Crippen LogP contribution in [0.15, 0.2) is 41.2 Å². The first-order valence-corrected chi connectivity index (χ1v) is 8.92. The molecule has 2 aromatic heterocycles. The third-order valence-corrected chi connectivity index (χ3v) is 5.05. The predicted octanol–water partition coefficient (Wildman–Crippen LogP) is 3.35. The molecule has 2 N–H and O–H groups in total. The summed E-state index contributed by atoms with van der Waals surface area (Å²) in [4.78, 5) is 31.9. The number of fused-ring (bicyclic) bond motifs is 2. The minimum absolute atomic E-state index is 0.0868. The summed E-state index contributed by atoms with van der Waals surface area (Å²) in [5.74, 6) is -0.124. The number of aryl methyl sites for hydroxylation is 3. The van der Waals surface area contributed by atoms with Crippen LogP contribution in [0.4, 0.5) is 0 Å². The van der Waals surface area contributed by atoms with Crippen LogP contribution in [0, 0.1) is 13.8 Å². The molecule has 0 radical (unpaired) electrons.